The van der Waals surface area contributed by atoms with Gasteiger partial charge in [-0.15, -0.1) is 0 Å². The van der Waals surface area contributed by atoms with Gasteiger partial charge in [0.2, 0.25) is 0 Å². The SMILES string of the molecule is N#Cc1sc(NCCNc2nc(Br)cn3ccnc23)nc1N. The minimum Gasteiger partial charge on any atom is -0.382 e. The fraction of sp³-hybridized carbons (Fsp3) is 0.167. The number of halogens is 1. The third-order valence-electron chi connectivity index (χ3n) is 2.79. The fourth-order valence-corrected chi connectivity index (χ4v) is 2.96. The summed E-state index contributed by atoms with van der Waals surface area (Å²) in [5.74, 6) is 0.952. The first-order valence-corrected chi connectivity index (χ1v) is 7.91. The van der Waals surface area contributed by atoms with E-state index in [9.17, 15) is 0 Å². The zero-order valence-corrected chi connectivity index (χ0v) is 13.6. The van der Waals surface area contributed by atoms with Gasteiger partial charge in [-0.05, 0) is 15.9 Å². The average molecular weight is 379 g/mol. The molecule has 0 unspecified atom stereocenters. The molecule has 0 saturated heterocycles. The number of nitrogens with one attached hydrogen (secondary N) is 2. The Morgan fingerprint density at radius 2 is 2.18 bits per heavy atom. The van der Waals surface area contributed by atoms with Crippen molar-refractivity contribution in [2.45, 2.75) is 0 Å². The van der Waals surface area contributed by atoms with Gasteiger partial charge in [0.1, 0.15) is 15.5 Å². The molecule has 0 aliphatic heterocycles. The number of rotatable bonds is 5. The molecule has 3 heterocycles. The topological polar surface area (TPSA) is 117 Å². The van der Waals surface area contributed by atoms with Crippen molar-refractivity contribution in [1.82, 2.24) is 19.4 Å². The Morgan fingerprint density at radius 1 is 1.36 bits per heavy atom. The molecule has 22 heavy (non-hydrogen) atoms. The highest BCUT2D eigenvalue weighted by molar-refractivity contribution is 9.10. The number of aromatic nitrogens is 4. The number of imidazole rings is 1. The molecule has 0 radical (unpaired) electrons. The minimum atomic E-state index is 0.260. The van der Waals surface area contributed by atoms with E-state index < -0.39 is 0 Å². The molecule has 0 fully saturated rings. The van der Waals surface area contributed by atoms with Crippen molar-refractivity contribution in [1.29, 1.82) is 5.26 Å². The number of hydrogen-bond acceptors (Lipinski definition) is 8. The molecule has 0 aliphatic carbocycles. The summed E-state index contributed by atoms with van der Waals surface area (Å²) in [5, 5.41) is 15.8. The second kappa shape index (κ2) is 6.17. The Hall–Kier alpha value is -2.38. The van der Waals surface area contributed by atoms with Crippen molar-refractivity contribution in [2.75, 3.05) is 29.5 Å². The summed E-state index contributed by atoms with van der Waals surface area (Å²) in [7, 11) is 0. The van der Waals surface area contributed by atoms with Crippen molar-refractivity contribution in [3.05, 3.63) is 28.1 Å². The molecule has 0 saturated carbocycles. The van der Waals surface area contributed by atoms with Crippen LogP contribution in [0.25, 0.3) is 5.65 Å². The maximum atomic E-state index is 8.84. The molecule has 3 aromatic rings. The van der Waals surface area contributed by atoms with Crippen LogP contribution in [0.3, 0.4) is 0 Å². The first kappa shape index (κ1) is 14.6. The Bertz CT molecular complexity index is 849. The summed E-state index contributed by atoms with van der Waals surface area (Å²) < 4.78 is 2.60. The predicted octanol–water partition coefficient (Wildman–Crippen LogP) is 1.93. The molecule has 0 bridgehead atoms. The molecule has 112 valence electrons. The van der Waals surface area contributed by atoms with Crippen LogP contribution in [0.5, 0.6) is 0 Å². The van der Waals surface area contributed by atoms with Crippen LogP contribution in [0.15, 0.2) is 23.2 Å². The van der Waals surface area contributed by atoms with Crippen molar-refractivity contribution in [3.63, 3.8) is 0 Å². The second-order valence-corrected chi connectivity index (χ2v) is 6.08. The Morgan fingerprint density at radius 3 is 2.95 bits per heavy atom. The lowest BCUT2D eigenvalue weighted by atomic mass is 10.5. The van der Waals surface area contributed by atoms with Crippen LogP contribution in [-0.2, 0) is 0 Å². The number of nitriles is 1. The molecule has 8 nitrogen and oxygen atoms in total. The number of nitrogen functional groups attached to an aromatic ring is 1. The average Bonchev–Trinajstić information content (AvgIpc) is 3.09. The van der Waals surface area contributed by atoms with Crippen molar-refractivity contribution in [2.24, 2.45) is 0 Å². The van der Waals surface area contributed by atoms with E-state index in [-0.39, 0.29) is 5.82 Å². The first-order valence-electron chi connectivity index (χ1n) is 6.30. The summed E-state index contributed by atoms with van der Waals surface area (Å²) in [5.41, 5.74) is 6.37. The third-order valence-corrected chi connectivity index (χ3v) is 4.11. The molecule has 0 aromatic carbocycles. The van der Waals surface area contributed by atoms with Gasteiger partial charge in [0.15, 0.2) is 22.4 Å². The van der Waals surface area contributed by atoms with Crippen LogP contribution >= 0.6 is 27.3 Å². The van der Waals surface area contributed by atoms with Crippen LogP contribution in [-0.4, -0.2) is 32.4 Å². The lowest BCUT2D eigenvalue weighted by Gasteiger charge is -2.08. The number of fused-ring (bicyclic) bond motifs is 1. The Balaban J connectivity index is 1.60. The van der Waals surface area contributed by atoms with Crippen LogP contribution in [0, 0.1) is 11.3 Å². The van der Waals surface area contributed by atoms with Crippen molar-refractivity contribution in [3.8, 4) is 6.07 Å². The van der Waals surface area contributed by atoms with E-state index in [0.717, 1.165) is 10.3 Å². The summed E-state index contributed by atoms with van der Waals surface area (Å²) in [6.07, 6.45) is 5.41. The van der Waals surface area contributed by atoms with Gasteiger partial charge in [0.05, 0.1) is 0 Å². The smallest absolute Gasteiger partial charge is 0.186 e. The molecule has 3 rings (SSSR count). The van der Waals surface area contributed by atoms with Crippen LogP contribution in [0.1, 0.15) is 4.88 Å². The van der Waals surface area contributed by atoms with Gasteiger partial charge in [-0.25, -0.2) is 15.0 Å². The first-order chi connectivity index (χ1) is 10.7. The molecule has 3 aromatic heterocycles. The second-order valence-electron chi connectivity index (χ2n) is 4.27. The van der Waals surface area contributed by atoms with Gasteiger partial charge in [-0.3, -0.25) is 0 Å². The fourth-order valence-electron chi connectivity index (χ4n) is 1.86. The maximum Gasteiger partial charge on any atom is 0.186 e. The number of hydrogen-bond donors (Lipinski definition) is 3. The van der Waals surface area contributed by atoms with E-state index in [1.807, 2.05) is 22.9 Å². The molecule has 0 spiro atoms. The highest BCUT2D eigenvalue weighted by Gasteiger charge is 2.08. The van der Waals surface area contributed by atoms with Gasteiger partial charge in [0.25, 0.3) is 0 Å². The van der Waals surface area contributed by atoms with Gasteiger partial charge < -0.3 is 20.8 Å². The molecular formula is C12H11BrN8S. The number of nitrogens with zero attached hydrogens (tertiary/aromatic N) is 5. The highest BCUT2D eigenvalue weighted by atomic mass is 79.9. The third kappa shape index (κ3) is 2.95. The molecule has 4 N–H and O–H groups in total. The summed E-state index contributed by atoms with van der Waals surface area (Å²) >= 11 is 4.60. The van der Waals surface area contributed by atoms with Crippen LogP contribution in [0.2, 0.25) is 0 Å². The molecular weight excluding hydrogens is 368 g/mol. The van der Waals surface area contributed by atoms with E-state index in [4.69, 9.17) is 11.0 Å². The quantitative estimate of drug-likeness (QED) is 0.580. The van der Waals surface area contributed by atoms with Crippen LogP contribution < -0.4 is 16.4 Å². The number of thiazole rings is 1. The zero-order chi connectivity index (χ0) is 15.5. The number of nitrogens with two attached hydrogens (primary N) is 1. The summed E-state index contributed by atoms with van der Waals surface area (Å²) in [6.45, 7) is 1.23. The lowest BCUT2D eigenvalue weighted by Crippen LogP contribution is -2.15. The van der Waals surface area contributed by atoms with E-state index in [0.29, 0.717) is 28.9 Å². The Labute approximate surface area is 138 Å². The van der Waals surface area contributed by atoms with Gasteiger partial charge >= 0.3 is 0 Å². The van der Waals surface area contributed by atoms with Gasteiger partial charge in [-0.2, -0.15) is 5.26 Å². The van der Waals surface area contributed by atoms with E-state index in [2.05, 4.69) is 41.5 Å². The summed E-state index contributed by atoms with van der Waals surface area (Å²) in [6, 6.07) is 2.00. The molecule has 0 atom stereocenters. The molecule has 10 heteroatoms. The zero-order valence-electron chi connectivity index (χ0n) is 11.2. The van der Waals surface area contributed by atoms with Gasteiger partial charge in [-0.1, -0.05) is 11.3 Å². The Kier molecular flexibility index (Phi) is 4.08. The van der Waals surface area contributed by atoms with Crippen molar-refractivity contribution < 1.29 is 0 Å². The molecule has 0 aliphatic rings. The minimum absolute atomic E-state index is 0.260. The predicted molar refractivity (Wildman–Crippen MR) is 88.9 cm³/mol. The standard InChI is InChI=1S/C12H11BrN8S/c13-8-6-21-4-3-17-11(21)10(19-8)16-1-2-18-12-20-9(15)7(5-14)22-12/h3-4,6H,1-2,15H2,(H,16,19)(H,18,20). The van der Waals surface area contributed by atoms with E-state index in [1.54, 1.807) is 6.20 Å². The van der Waals surface area contributed by atoms with E-state index in [1.165, 1.54) is 11.3 Å². The largest absolute Gasteiger partial charge is 0.382 e. The molecule has 0 amide bonds. The van der Waals surface area contributed by atoms with Gasteiger partial charge in [0, 0.05) is 31.7 Å². The maximum absolute atomic E-state index is 8.84. The van der Waals surface area contributed by atoms with Crippen LogP contribution in [0.4, 0.5) is 16.8 Å². The van der Waals surface area contributed by atoms with E-state index >= 15 is 0 Å². The lowest BCUT2D eigenvalue weighted by molar-refractivity contribution is 1.03. The monoisotopic (exact) mass is 378 g/mol. The number of anilines is 3. The summed E-state index contributed by atoms with van der Waals surface area (Å²) in [4.78, 5) is 13.1. The van der Waals surface area contributed by atoms with Crippen molar-refractivity contribution >= 4 is 49.7 Å². The normalized spacial score (nSPS) is 10.5. The highest BCUT2D eigenvalue weighted by Crippen LogP contribution is 2.23.